The number of rotatable bonds is 3. The van der Waals surface area contributed by atoms with E-state index in [1.54, 1.807) is 14.0 Å². The van der Waals surface area contributed by atoms with Gasteiger partial charge in [-0.05, 0) is 20.8 Å². The maximum Gasteiger partial charge on any atom is 0.161 e. The summed E-state index contributed by atoms with van der Waals surface area (Å²) < 4.78 is 11.5. The van der Waals surface area contributed by atoms with Crippen LogP contribution in [-0.2, 0) is 14.3 Å². The Bertz CT molecular complexity index is 332. The zero-order chi connectivity index (χ0) is 13.7. The molecule has 100 valence electrons. The van der Waals surface area contributed by atoms with E-state index in [1.165, 1.54) is 0 Å². The molecular weight excluding hydrogens is 216 g/mol. The maximum atomic E-state index is 12.0. The van der Waals surface area contributed by atoms with Crippen molar-refractivity contribution >= 4 is 5.78 Å². The van der Waals surface area contributed by atoms with Crippen LogP contribution in [0.3, 0.4) is 0 Å². The number of hydrogen-bond donors (Lipinski definition) is 0. The highest BCUT2D eigenvalue weighted by molar-refractivity contribution is 5.86. The Balaban J connectivity index is 3.34. The summed E-state index contributed by atoms with van der Waals surface area (Å²) in [5.74, 6) is 0.0791. The molecule has 0 saturated carbocycles. The quantitative estimate of drug-likeness (QED) is 0.763. The van der Waals surface area contributed by atoms with E-state index in [-0.39, 0.29) is 16.6 Å². The minimum atomic E-state index is -0.760. The highest BCUT2D eigenvalue weighted by Gasteiger charge is 2.69. The Labute approximate surface area is 105 Å². The molecule has 2 atom stereocenters. The van der Waals surface area contributed by atoms with Crippen molar-refractivity contribution in [2.75, 3.05) is 13.7 Å². The van der Waals surface area contributed by atoms with Crippen molar-refractivity contribution in [3.63, 3.8) is 0 Å². The van der Waals surface area contributed by atoms with Gasteiger partial charge in [-0.25, -0.2) is 0 Å². The van der Waals surface area contributed by atoms with Gasteiger partial charge in [-0.2, -0.15) is 0 Å². The van der Waals surface area contributed by atoms with Crippen molar-refractivity contribution in [2.45, 2.75) is 59.7 Å². The molecule has 17 heavy (non-hydrogen) atoms. The molecule has 0 aromatic carbocycles. The number of hydrogen-bond acceptors (Lipinski definition) is 3. The summed E-state index contributed by atoms with van der Waals surface area (Å²) in [6, 6.07) is 0. The van der Waals surface area contributed by atoms with Crippen LogP contribution in [-0.4, -0.2) is 30.7 Å². The molecule has 1 saturated heterocycles. The number of carbonyl (C=O) groups excluding carboxylic acids is 1. The summed E-state index contributed by atoms with van der Waals surface area (Å²) in [5, 5.41) is 0. The largest absolute Gasteiger partial charge is 0.382 e. The molecule has 0 N–H and O–H groups in total. The lowest BCUT2D eigenvalue weighted by atomic mass is 9.56. The first kappa shape index (κ1) is 14.7. The van der Waals surface area contributed by atoms with E-state index >= 15 is 0 Å². The Morgan fingerprint density at radius 1 is 1.06 bits per heavy atom. The predicted octanol–water partition coefficient (Wildman–Crippen LogP) is 2.82. The molecule has 0 radical (unpaired) electrons. The van der Waals surface area contributed by atoms with Crippen molar-refractivity contribution in [1.82, 2.24) is 0 Å². The van der Waals surface area contributed by atoms with E-state index < -0.39 is 11.2 Å². The van der Waals surface area contributed by atoms with Gasteiger partial charge in [0.05, 0.1) is 12.2 Å². The minimum Gasteiger partial charge on any atom is -0.382 e. The van der Waals surface area contributed by atoms with E-state index in [0.29, 0.717) is 6.61 Å². The molecule has 1 aliphatic rings. The van der Waals surface area contributed by atoms with Gasteiger partial charge in [-0.3, -0.25) is 4.79 Å². The van der Waals surface area contributed by atoms with Crippen molar-refractivity contribution < 1.29 is 14.3 Å². The molecule has 1 aliphatic heterocycles. The zero-order valence-electron chi connectivity index (χ0n) is 12.4. The first-order valence-electron chi connectivity index (χ1n) is 6.16. The fraction of sp³-hybridized carbons (Fsp3) is 0.929. The summed E-state index contributed by atoms with van der Waals surface area (Å²) in [6.45, 7) is 14.6. The molecule has 0 aliphatic carbocycles. The lowest BCUT2D eigenvalue weighted by molar-refractivity contribution is -0.163. The molecule has 2 unspecified atom stereocenters. The number of methoxy groups -OCH3 is 1. The van der Waals surface area contributed by atoms with E-state index in [0.717, 1.165) is 0 Å². The average molecular weight is 242 g/mol. The van der Waals surface area contributed by atoms with Crippen LogP contribution in [0.25, 0.3) is 0 Å². The number of ketones is 1. The maximum absolute atomic E-state index is 12.0. The Hall–Kier alpha value is -0.410. The topological polar surface area (TPSA) is 35.5 Å². The molecule has 0 bridgehead atoms. The molecule has 1 heterocycles. The minimum absolute atomic E-state index is 0.0791. The summed E-state index contributed by atoms with van der Waals surface area (Å²) >= 11 is 0. The van der Waals surface area contributed by atoms with E-state index in [9.17, 15) is 4.79 Å². The van der Waals surface area contributed by atoms with Gasteiger partial charge < -0.3 is 9.47 Å². The van der Waals surface area contributed by atoms with Crippen molar-refractivity contribution in [3.05, 3.63) is 0 Å². The fourth-order valence-electron chi connectivity index (χ4n) is 2.96. The van der Waals surface area contributed by atoms with Crippen molar-refractivity contribution in [2.24, 2.45) is 10.8 Å². The molecule has 0 spiro atoms. The molecular formula is C14H26O3. The highest BCUT2D eigenvalue weighted by Crippen LogP contribution is 2.62. The fourth-order valence-corrected chi connectivity index (χ4v) is 2.96. The van der Waals surface area contributed by atoms with Crippen molar-refractivity contribution in [1.29, 1.82) is 0 Å². The van der Waals surface area contributed by atoms with Gasteiger partial charge in [-0.1, -0.05) is 27.7 Å². The van der Waals surface area contributed by atoms with E-state index in [1.807, 2.05) is 13.8 Å². The SMILES string of the molecule is COCC1(C)OC(C)(C(C)=O)C(C)(C)C1(C)C. The summed E-state index contributed by atoms with van der Waals surface area (Å²) in [7, 11) is 1.67. The van der Waals surface area contributed by atoms with Crippen LogP contribution in [0.1, 0.15) is 48.5 Å². The van der Waals surface area contributed by atoms with Gasteiger partial charge in [0, 0.05) is 17.9 Å². The molecule has 1 rings (SSSR count). The van der Waals surface area contributed by atoms with E-state index in [2.05, 4.69) is 27.7 Å². The number of carbonyl (C=O) groups is 1. The average Bonchev–Trinajstić information content (AvgIpc) is 2.25. The number of Topliss-reactive ketones (excluding diaryl/α,β-unsaturated/α-hetero) is 1. The van der Waals surface area contributed by atoms with Gasteiger partial charge in [0.25, 0.3) is 0 Å². The van der Waals surface area contributed by atoms with Crippen LogP contribution in [0.15, 0.2) is 0 Å². The third-order valence-electron chi connectivity index (χ3n) is 5.60. The molecule has 0 aromatic rings. The summed E-state index contributed by atoms with van der Waals surface area (Å²) in [6.07, 6.45) is 0. The Morgan fingerprint density at radius 2 is 1.53 bits per heavy atom. The monoisotopic (exact) mass is 242 g/mol. The van der Waals surface area contributed by atoms with Gasteiger partial charge in [0.1, 0.15) is 5.60 Å². The normalized spacial score (nSPS) is 39.3. The first-order valence-corrected chi connectivity index (χ1v) is 6.16. The van der Waals surface area contributed by atoms with Gasteiger partial charge in [0.15, 0.2) is 5.78 Å². The summed E-state index contributed by atoms with van der Waals surface area (Å²) in [4.78, 5) is 12.0. The van der Waals surface area contributed by atoms with Crippen LogP contribution in [0.5, 0.6) is 0 Å². The second-order valence-electron chi connectivity index (χ2n) is 6.61. The smallest absolute Gasteiger partial charge is 0.161 e. The highest BCUT2D eigenvalue weighted by atomic mass is 16.6. The lowest BCUT2D eigenvalue weighted by Crippen LogP contribution is -2.50. The predicted molar refractivity (Wildman–Crippen MR) is 68.0 cm³/mol. The van der Waals surface area contributed by atoms with Crippen LogP contribution in [0.2, 0.25) is 0 Å². The van der Waals surface area contributed by atoms with Crippen LogP contribution < -0.4 is 0 Å². The van der Waals surface area contributed by atoms with E-state index in [4.69, 9.17) is 9.47 Å². The second-order valence-corrected chi connectivity index (χ2v) is 6.61. The Morgan fingerprint density at radius 3 is 1.82 bits per heavy atom. The van der Waals surface area contributed by atoms with Crippen LogP contribution in [0, 0.1) is 10.8 Å². The van der Waals surface area contributed by atoms with Gasteiger partial charge >= 0.3 is 0 Å². The first-order chi connectivity index (χ1) is 7.46. The lowest BCUT2D eigenvalue weighted by Gasteiger charge is -2.44. The van der Waals surface area contributed by atoms with Gasteiger partial charge in [0.2, 0.25) is 0 Å². The molecule has 0 aromatic heterocycles. The molecule has 0 amide bonds. The van der Waals surface area contributed by atoms with Crippen LogP contribution in [0.4, 0.5) is 0 Å². The second kappa shape index (κ2) is 3.79. The molecule has 3 nitrogen and oxygen atoms in total. The molecule has 1 fully saturated rings. The molecule has 3 heteroatoms. The Kier molecular flexibility index (Phi) is 3.27. The van der Waals surface area contributed by atoms with Crippen LogP contribution >= 0.6 is 0 Å². The third kappa shape index (κ3) is 1.59. The standard InChI is InChI=1S/C14H26O3/c1-10(15)14(7)12(4,5)11(2,3)13(6,17-14)9-16-8/h9H2,1-8H3. The zero-order valence-corrected chi connectivity index (χ0v) is 12.4. The van der Waals surface area contributed by atoms with Crippen molar-refractivity contribution in [3.8, 4) is 0 Å². The summed E-state index contributed by atoms with van der Waals surface area (Å²) in [5.41, 5.74) is -1.62. The van der Waals surface area contributed by atoms with Gasteiger partial charge in [-0.15, -0.1) is 0 Å². The number of ether oxygens (including phenoxy) is 2. The third-order valence-corrected chi connectivity index (χ3v) is 5.60.